The van der Waals surface area contributed by atoms with E-state index in [-0.39, 0.29) is 25.0 Å². The molecule has 0 unspecified atom stereocenters. The molecule has 0 spiro atoms. The molecule has 184 valence electrons. The fourth-order valence-electron chi connectivity index (χ4n) is 4.19. The van der Waals surface area contributed by atoms with Gasteiger partial charge in [0.25, 0.3) is 5.91 Å². The van der Waals surface area contributed by atoms with Crippen molar-refractivity contribution in [2.75, 3.05) is 33.4 Å². The number of nitrogens with zero attached hydrogens (tertiary/aromatic N) is 2. The molecule has 0 bridgehead atoms. The number of methoxy groups -OCH3 is 1. The summed E-state index contributed by atoms with van der Waals surface area (Å²) < 4.78 is 11.6. The first-order valence-corrected chi connectivity index (χ1v) is 11.9. The van der Waals surface area contributed by atoms with E-state index in [2.05, 4.69) is 36.2 Å². The zero-order chi connectivity index (χ0) is 24.8. The number of aryl methyl sites for hydroxylation is 1. The monoisotopic (exact) mass is 476 g/mol. The first-order valence-electron chi connectivity index (χ1n) is 11.9. The second-order valence-corrected chi connectivity index (χ2v) is 8.81. The Labute approximate surface area is 206 Å². The minimum absolute atomic E-state index is 0.154. The summed E-state index contributed by atoms with van der Waals surface area (Å²) in [5, 5.41) is 18.8. The number of carbonyl (C=O) groups excluding carboxylic acids is 1. The number of pyridine rings is 1. The van der Waals surface area contributed by atoms with Crippen LogP contribution in [0.3, 0.4) is 0 Å². The number of amides is 1. The zero-order valence-corrected chi connectivity index (χ0v) is 20.2. The lowest BCUT2D eigenvalue weighted by Crippen LogP contribution is -2.48. The lowest BCUT2D eigenvalue weighted by molar-refractivity contribution is 0.0595. The lowest BCUT2D eigenvalue weighted by atomic mass is 9.90. The number of carbonyl (C=O) groups is 1. The molecule has 1 aliphatic heterocycles. The van der Waals surface area contributed by atoms with Crippen molar-refractivity contribution in [3.05, 3.63) is 88.7 Å². The van der Waals surface area contributed by atoms with Crippen LogP contribution in [0.1, 0.15) is 51.5 Å². The van der Waals surface area contributed by atoms with E-state index >= 15 is 0 Å². The Bertz CT molecular complexity index is 1140. The number of aliphatic hydroxyl groups is 2. The summed E-state index contributed by atoms with van der Waals surface area (Å²) in [6.07, 6.45) is 2.55. The van der Waals surface area contributed by atoms with Crippen molar-refractivity contribution in [1.82, 2.24) is 9.88 Å². The molecule has 0 radical (unpaired) electrons. The molecule has 2 heterocycles. The van der Waals surface area contributed by atoms with Crippen LogP contribution in [0.2, 0.25) is 0 Å². The Morgan fingerprint density at radius 2 is 1.74 bits per heavy atom. The van der Waals surface area contributed by atoms with Gasteiger partial charge in [0, 0.05) is 31.1 Å². The van der Waals surface area contributed by atoms with Crippen molar-refractivity contribution in [3.8, 4) is 11.5 Å². The second-order valence-electron chi connectivity index (χ2n) is 8.81. The van der Waals surface area contributed by atoms with Crippen molar-refractivity contribution in [1.29, 1.82) is 0 Å². The quantitative estimate of drug-likeness (QED) is 0.465. The number of likely N-dealkylation sites (tertiary alicyclic amines) is 1. The van der Waals surface area contributed by atoms with Crippen LogP contribution in [0.15, 0.2) is 60.8 Å². The minimum Gasteiger partial charge on any atom is -0.493 e. The molecule has 3 aromatic rings. The van der Waals surface area contributed by atoms with E-state index < -0.39 is 5.92 Å². The third-order valence-electron chi connectivity index (χ3n) is 6.57. The number of aliphatic hydroxyl groups excluding tert-OH is 2. The second kappa shape index (κ2) is 11.3. The summed E-state index contributed by atoms with van der Waals surface area (Å²) in [6.45, 7) is 3.39. The smallest absolute Gasteiger partial charge is 0.272 e. The predicted molar refractivity (Wildman–Crippen MR) is 133 cm³/mol. The number of ether oxygens (including phenoxy) is 2. The molecule has 2 N–H and O–H groups in total. The standard InChI is InChI=1S/C28H32N2O5/c1-3-19-4-6-20(7-5-19)18-35-26-9-8-21(13-27(26)34-2)23-14-30(15-23)28(33)25-12-22(10-11-29-25)24(16-31)17-32/h4-13,23-24,31-32H,3,14-18H2,1-2H3. The maximum Gasteiger partial charge on any atom is 0.272 e. The molecule has 7 nitrogen and oxygen atoms in total. The number of aromatic nitrogens is 1. The molecule has 0 atom stereocenters. The maximum absolute atomic E-state index is 12.9. The van der Waals surface area contributed by atoms with Crippen LogP contribution in [0.25, 0.3) is 0 Å². The van der Waals surface area contributed by atoms with E-state index in [0.717, 1.165) is 17.5 Å². The molecule has 1 amide bonds. The van der Waals surface area contributed by atoms with Crippen molar-refractivity contribution >= 4 is 5.91 Å². The first-order chi connectivity index (χ1) is 17.1. The van der Waals surface area contributed by atoms with Crippen LogP contribution in [-0.4, -0.2) is 59.4 Å². The molecule has 2 aromatic carbocycles. The van der Waals surface area contributed by atoms with Gasteiger partial charge < -0.3 is 24.6 Å². The van der Waals surface area contributed by atoms with Gasteiger partial charge in [-0.3, -0.25) is 9.78 Å². The van der Waals surface area contributed by atoms with Crippen LogP contribution in [0.4, 0.5) is 0 Å². The number of hydrogen-bond donors (Lipinski definition) is 2. The Kier molecular flexibility index (Phi) is 8.00. The van der Waals surface area contributed by atoms with E-state index in [1.54, 1.807) is 30.3 Å². The minimum atomic E-state index is -0.419. The van der Waals surface area contributed by atoms with Gasteiger partial charge >= 0.3 is 0 Å². The van der Waals surface area contributed by atoms with Gasteiger partial charge in [-0.05, 0) is 52.9 Å². The van der Waals surface area contributed by atoms with E-state index in [1.807, 2.05) is 18.2 Å². The zero-order valence-electron chi connectivity index (χ0n) is 20.2. The molecular weight excluding hydrogens is 444 g/mol. The highest BCUT2D eigenvalue weighted by Gasteiger charge is 2.33. The van der Waals surface area contributed by atoms with E-state index in [9.17, 15) is 15.0 Å². The highest BCUT2D eigenvalue weighted by molar-refractivity contribution is 5.93. The molecule has 1 fully saturated rings. The summed E-state index contributed by atoms with van der Waals surface area (Å²) in [7, 11) is 1.63. The molecular formula is C28H32N2O5. The average Bonchev–Trinajstić information content (AvgIpc) is 2.88. The van der Waals surface area contributed by atoms with Crippen LogP contribution in [0.5, 0.6) is 11.5 Å². The highest BCUT2D eigenvalue weighted by Crippen LogP contribution is 2.35. The third kappa shape index (κ3) is 5.63. The Hall–Kier alpha value is -3.42. The Balaban J connectivity index is 1.37. The van der Waals surface area contributed by atoms with Gasteiger partial charge in [-0.15, -0.1) is 0 Å². The van der Waals surface area contributed by atoms with E-state index in [0.29, 0.717) is 42.5 Å². The summed E-state index contributed by atoms with van der Waals surface area (Å²) in [4.78, 5) is 18.8. The van der Waals surface area contributed by atoms with Gasteiger partial charge in [0.1, 0.15) is 12.3 Å². The third-order valence-corrected chi connectivity index (χ3v) is 6.57. The van der Waals surface area contributed by atoms with Gasteiger partial charge in [-0.2, -0.15) is 0 Å². The summed E-state index contributed by atoms with van der Waals surface area (Å²) in [6, 6.07) is 17.7. The molecule has 0 aliphatic carbocycles. The van der Waals surface area contributed by atoms with E-state index in [4.69, 9.17) is 9.47 Å². The SMILES string of the molecule is CCc1ccc(COc2ccc(C3CN(C(=O)c4cc(C(CO)CO)ccn4)C3)cc2OC)cc1. The van der Waals surface area contributed by atoms with Gasteiger partial charge in [-0.1, -0.05) is 37.3 Å². The molecule has 35 heavy (non-hydrogen) atoms. The fraction of sp³-hybridized carbons (Fsp3) is 0.357. The predicted octanol–water partition coefficient (Wildman–Crippen LogP) is 3.54. The molecule has 1 aromatic heterocycles. The lowest BCUT2D eigenvalue weighted by Gasteiger charge is -2.39. The van der Waals surface area contributed by atoms with Crippen LogP contribution >= 0.6 is 0 Å². The first kappa shape index (κ1) is 24.7. The number of benzene rings is 2. The summed E-state index contributed by atoms with van der Waals surface area (Å²) in [5.74, 6) is 0.989. The van der Waals surface area contributed by atoms with Crippen LogP contribution in [0, 0.1) is 0 Å². The van der Waals surface area contributed by atoms with Crippen LogP contribution < -0.4 is 9.47 Å². The van der Waals surface area contributed by atoms with Gasteiger partial charge in [0.2, 0.25) is 0 Å². The average molecular weight is 477 g/mol. The molecule has 1 aliphatic rings. The van der Waals surface area contributed by atoms with Crippen LogP contribution in [-0.2, 0) is 13.0 Å². The van der Waals surface area contributed by atoms with Gasteiger partial charge in [-0.25, -0.2) is 0 Å². The highest BCUT2D eigenvalue weighted by atomic mass is 16.5. The van der Waals surface area contributed by atoms with Crippen molar-refractivity contribution in [2.24, 2.45) is 0 Å². The van der Waals surface area contributed by atoms with Crippen molar-refractivity contribution < 1.29 is 24.5 Å². The van der Waals surface area contributed by atoms with Gasteiger partial charge in [0.05, 0.1) is 20.3 Å². The Morgan fingerprint density at radius 3 is 2.40 bits per heavy atom. The van der Waals surface area contributed by atoms with Crippen molar-refractivity contribution in [3.63, 3.8) is 0 Å². The molecule has 1 saturated heterocycles. The normalized spacial score (nSPS) is 13.6. The fourth-order valence-corrected chi connectivity index (χ4v) is 4.19. The number of rotatable bonds is 10. The summed E-state index contributed by atoms with van der Waals surface area (Å²) in [5.41, 5.74) is 4.51. The maximum atomic E-state index is 12.9. The molecule has 4 rings (SSSR count). The summed E-state index contributed by atoms with van der Waals surface area (Å²) >= 11 is 0. The number of hydrogen-bond acceptors (Lipinski definition) is 6. The molecule has 0 saturated carbocycles. The van der Waals surface area contributed by atoms with Gasteiger partial charge in [0.15, 0.2) is 11.5 Å². The largest absolute Gasteiger partial charge is 0.493 e. The van der Waals surface area contributed by atoms with Crippen molar-refractivity contribution in [2.45, 2.75) is 31.8 Å². The van der Waals surface area contributed by atoms with E-state index in [1.165, 1.54) is 5.56 Å². The molecule has 7 heteroatoms. The topological polar surface area (TPSA) is 92.1 Å². The Morgan fingerprint density at radius 1 is 1.03 bits per heavy atom.